The maximum Gasteiger partial charge on any atom is 0.328 e. The fraction of sp³-hybridized carbons (Fsp3) is 0.588. The van der Waals surface area contributed by atoms with E-state index in [2.05, 4.69) is 90.4 Å². The Morgan fingerprint density at radius 3 is 1.14 bits per heavy atom. The summed E-state index contributed by atoms with van der Waals surface area (Å²) in [6.45, 7) is 2.04. The van der Waals surface area contributed by atoms with Gasteiger partial charge in [-0.1, -0.05) is 56.3 Å². The van der Waals surface area contributed by atoms with Gasteiger partial charge in [0.15, 0.2) is 6.04 Å². The van der Waals surface area contributed by atoms with Crippen LogP contribution in [0.3, 0.4) is 0 Å². The lowest BCUT2D eigenvalue weighted by molar-refractivity contribution is -0.145. The molecular weight excluding hydrogens is 1920 g/mol. The summed E-state index contributed by atoms with van der Waals surface area (Å²) in [4.78, 5) is 307. The highest BCUT2D eigenvalue weighted by atomic mass is 32.2. The van der Waals surface area contributed by atoms with Crippen LogP contribution in [0.5, 0.6) is 5.75 Å². The number of carbonyl (C=O) groups is 23. The molecule has 0 saturated carbocycles. The average molecular weight is 2050 g/mol. The van der Waals surface area contributed by atoms with Gasteiger partial charge in [-0.3, -0.25) is 105 Å². The Morgan fingerprint density at radius 1 is 0.338 bits per heavy atom. The number of hydrogen-bond donors (Lipinski definition) is 32. The van der Waals surface area contributed by atoms with E-state index in [0.717, 1.165) is 27.7 Å². The van der Waals surface area contributed by atoms with Crippen LogP contribution in [0.2, 0.25) is 0 Å². The number of rotatable bonds is 67. The maximum atomic E-state index is 14.1. The monoisotopic (exact) mass is 2050 g/mol. The van der Waals surface area contributed by atoms with Gasteiger partial charge in [-0.2, -0.15) is 23.5 Å². The summed E-state index contributed by atoms with van der Waals surface area (Å²) in [5, 5.41) is 144. The van der Waals surface area contributed by atoms with Crippen molar-refractivity contribution in [3.8, 4) is 5.75 Å². The molecule has 35 N–H and O–H groups in total. The first-order chi connectivity index (χ1) is 66.7. The number of aromatic hydroxyl groups is 1. The number of benzene rings is 2. The molecule has 0 fully saturated rings. The summed E-state index contributed by atoms with van der Waals surface area (Å²) in [5.41, 5.74) is 17.8. The first kappa shape index (κ1) is 124. The number of phenols is 1. The van der Waals surface area contributed by atoms with Crippen molar-refractivity contribution in [1.82, 2.24) is 101 Å². The predicted molar refractivity (Wildman–Crippen MR) is 502 cm³/mol. The predicted octanol–water partition coefficient (Wildman–Crippen LogP) is -13.6. The Kier molecular flexibility index (Phi) is 56.7. The van der Waals surface area contributed by atoms with E-state index < -0.39 is 335 Å². The van der Waals surface area contributed by atoms with Crippen LogP contribution in [-0.4, -0.2) is 378 Å². The molecule has 792 valence electrons. The summed E-state index contributed by atoms with van der Waals surface area (Å²) in [6, 6.07) is -14.9. The van der Waals surface area contributed by atoms with Crippen LogP contribution in [0.25, 0.3) is 0 Å². The maximum absolute atomic E-state index is 14.1. The summed E-state index contributed by atoms with van der Waals surface area (Å²) in [7, 11) is 0. The van der Waals surface area contributed by atoms with Crippen LogP contribution in [0.15, 0.2) is 54.6 Å². The van der Waals surface area contributed by atoms with Gasteiger partial charge >= 0.3 is 17.9 Å². The van der Waals surface area contributed by atoms with E-state index in [9.17, 15) is 161 Å². The molecule has 0 heterocycles. The molecule has 0 radical (unpaired) electrons. The van der Waals surface area contributed by atoms with Crippen LogP contribution >= 0.6 is 23.5 Å². The minimum atomic E-state index is -2.23. The van der Waals surface area contributed by atoms with Gasteiger partial charge in [-0.25, -0.2) is 4.79 Å². The minimum absolute atomic E-state index is 0.0626. The highest BCUT2D eigenvalue weighted by molar-refractivity contribution is 7.98. The molecule has 0 aromatic heterocycles. The Hall–Kier alpha value is -13.6. The molecule has 0 saturated heterocycles. The van der Waals surface area contributed by atoms with Crippen LogP contribution in [0.1, 0.15) is 117 Å². The van der Waals surface area contributed by atoms with Crippen LogP contribution in [-0.2, 0) is 123 Å². The van der Waals surface area contributed by atoms with Crippen molar-refractivity contribution >= 4 is 160 Å². The number of aliphatic carboxylic acids is 3. The van der Waals surface area contributed by atoms with Gasteiger partial charge in [0.05, 0.1) is 82.7 Å². The lowest BCUT2D eigenvalue weighted by Crippen LogP contribution is -2.62. The van der Waals surface area contributed by atoms with Crippen LogP contribution < -0.4 is 118 Å². The molecular formula is C85H132N22O33S2. The number of amides is 20. The fourth-order valence-electron chi connectivity index (χ4n) is 12.8. The average Bonchev–Trinajstić information content (AvgIpc) is 0.853. The van der Waals surface area contributed by atoms with Gasteiger partial charge in [-0.15, -0.1) is 0 Å². The van der Waals surface area contributed by atoms with E-state index in [1.165, 1.54) is 68.6 Å². The Balaban J connectivity index is 2.29. The second kappa shape index (κ2) is 64.7. The Morgan fingerprint density at radius 2 is 0.690 bits per heavy atom. The first-order valence-electron chi connectivity index (χ1n) is 44.5. The molecule has 57 heteroatoms. The lowest BCUT2D eigenvalue weighted by Gasteiger charge is -2.28. The van der Waals surface area contributed by atoms with Crippen LogP contribution in [0.4, 0.5) is 0 Å². The van der Waals surface area contributed by atoms with E-state index in [1.807, 2.05) is 10.6 Å². The molecule has 0 bridgehead atoms. The van der Waals surface area contributed by atoms with Gasteiger partial charge in [0.2, 0.25) is 118 Å². The fourth-order valence-corrected chi connectivity index (χ4v) is 13.7. The zero-order valence-electron chi connectivity index (χ0n) is 79.4. The first-order valence-corrected chi connectivity index (χ1v) is 47.3. The largest absolute Gasteiger partial charge is 0.508 e. The van der Waals surface area contributed by atoms with Crippen molar-refractivity contribution in [3.63, 3.8) is 0 Å². The minimum Gasteiger partial charge on any atom is -0.508 e. The number of carboxylic acid groups (broad SMARTS) is 3. The Bertz CT molecular complexity index is 4640. The molecule has 2 aromatic carbocycles. The summed E-state index contributed by atoms with van der Waals surface area (Å²) in [6.07, 6.45) is -7.59. The molecule has 0 unspecified atom stereocenters. The summed E-state index contributed by atoms with van der Waals surface area (Å²) in [5.74, 6) is -28.6. The molecule has 0 aliphatic carbocycles. The third kappa shape index (κ3) is 46.7. The van der Waals surface area contributed by atoms with E-state index >= 15 is 0 Å². The van der Waals surface area contributed by atoms with Gasteiger partial charge in [-0.05, 0) is 133 Å². The van der Waals surface area contributed by atoms with Crippen molar-refractivity contribution in [2.24, 2.45) is 23.1 Å². The highest BCUT2D eigenvalue weighted by Crippen LogP contribution is 2.16. The molecule has 55 nitrogen and oxygen atoms in total. The van der Waals surface area contributed by atoms with Gasteiger partial charge < -0.3 is 169 Å². The van der Waals surface area contributed by atoms with E-state index in [4.69, 9.17) is 17.2 Å². The van der Waals surface area contributed by atoms with Crippen molar-refractivity contribution < 1.29 is 161 Å². The van der Waals surface area contributed by atoms with Gasteiger partial charge in [0.1, 0.15) is 90.3 Å². The van der Waals surface area contributed by atoms with Gasteiger partial charge in [0, 0.05) is 19.3 Å². The number of carbonyl (C=O) groups excluding carboxylic acids is 20. The number of thioether (sulfide) groups is 2. The number of aliphatic hydroxyl groups is 6. The van der Waals surface area contributed by atoms with Crippen LogP contribution in [0, 0.1) is 5.92 Å². The van der Waals surface area contributed by atoms with E-state index in [1.54, 1.807) is 42.8 Å². The van der Waals surface area contributed by atoms with Crippen molar-refractivity contribution in [2.75, 3.05) is 70.0 Å². The number of nitrogens with one attached hydrogen (secondary N) is 19. The molecule has 142 heavy (non-hydrogen) atoms. The molecule has 2 rings (SSSR count). The highest BCUT2D eigenvalue weighted by Gasteiger charge is 2.41. The van der Waals surface area contributed by atoms with E-state index in [-0.39, 0.29) is 62.1 Å². The van der Waals surface area contributed by atoms with E-state index in [0.29, 0.717) is 11.3 Å². The number of hydrogen-bond acceptors (Lipinski definition) is 34. The number of phenolic OH excluding ortho intramolecular Hbond substituents is 1. The second-order valence-corrected chi connectivity index (χ2v) is 34.9. The number of primary amides is 1. The number of nitrogens with two attached hydrogens (primary N) is 3. The zero-order valence-corrected chi connectivity index (χ0v) is 81.0. The molecule has 0 aliphatic rings. The topological polar surface area (TPSA) is 902 Å². The number of carboxylic acids is 3. The van der Waals surface area contributed by atoms with Crippen molar-refractivity contribution in [3.05, 3.63) is 65.7 Å². The smallest absolute Gasteiger partial charge is 0.328 e. The normalized spacial score (nSPS) is 15.3. The molecule has 20 amide bonds. The number of unbranched alkanes of at least 4 members (excludes halogenated alkanes) is 1. The SMILES string of the molecule is CSCC[C@H](NC(=O)[C@H](CO)NC(=O)[C@H](CCC(=O)O)NC(=O)[C@@H](N)CCSC)C(=O)N[C@@H](CC(N)=O)C(=O)N[C@@H](CCCCN)C(=O)NCC(=O)N[C@H](C(=O)N[C@@H](CC(=O)O)C(=O)N[C@@H](CO)C(=O)N[C@@H](Cc1ccc(O)cc1)C(=O)NCC(=O)N[C@H](C(=O)N[C@H](C(=O)N[C@H](C(=O)NCC(=O)N[C@@H](Cc1ccccc1)C(=O)NCC(=O)N[C@@H](C)C(=O)N[C@H](C(=O)O)[C@@H](C)O)[C@@H](C)O)[C@@H](C)O)C(C)C)[C@@H](C)O. The Labute approximate surface area is 822 Å². The lowest BCUT2D eigenvalue weighted by atomic mass is 10.0. The second-order valence-electron chi connectivity index (χ2n) is 32.9. The molecule has 0 spiro atoms. The summed E-state index contributed by atoms with van der Waals surface area (Å²) < 4.78 is 0. The quantitative estimate of drug-likeness (QED) is 0.0274. The standard InChI is InChI=1S/C85H132N22O33S2/c1-39(2)65(82(136)106-68(43(6)112)84(138)105-66(41(4)110)81(135)92-34-60(117)94-52(29-45-15-11-10-12-16-45)73(127)90-33-59(116)93-40(3)70(124)107-69(44(7)113)85(139)140)103-61(118)35-91-74(128)53(30-46-18-20-47(114)21-19-46)98-80(134)57(38-109)102-78(132)55(32-64(122)123)100-83(137)67(42(5)111)104-62(119)36-89-72(126)49(17-13-14-26-86)96-77(131)54(31-58(88)115)99-76(130)51(25-28-142-9)97-79(133)56(37-108)101-75(129)50(22-23-63(120)121)95-71(125)48(87)24-27-141-8/h10-12,15-16,18-21,39-44,48-57,65-69,108-114H,13-14,17,22-38,86-87H2,1-9H3,(H2,88,115)(H,89,126)(H,90,127)(H,91,128)(H,92,135)(H,93,116)(H,94,117)(H,95,125)(H,96,131)(H,97,133)(H,98,134)(H,99,130)(H,100,137)(H,101,129)(H,102,132)(H,103,118)(H,104,119)(H,105,138)(H,106,136)(H,107,124)(H,120,121)(H,122,123)(H,139,140)/t40-,41+,42+,43+,44+,48-,49-,50-,51-,52-,53-,54-,55-,56-,57-,65-,66-,67-,68-,69-/m0/s1. The van der Waals surface area contributed by atoms with Crippen molar-refractivity contribution in [2.45, 2.75) is 240 Å². The van der Waals surface area contributed by atoms with Gasteiger partial charge in [0.25, 0.3) is 0 Å². The molecule has 2 aromatic rings. The molecule has 0 aliphatic heterocycles. The zero-order chi connectivity index (χ0) is 107. The number of aliphatic hydroxyl groups excluding tert-OH is 6. The van der Waals surface area contributed by atoms with Crippen molar-refractivity contribution in [1.29, 1.82) is 0 Å². The summed E-state index contributed by atoms with van der Waals surface area (Å²) >= 11 is 2.56. The molecule has 20 atom stereocenters. The third-order valence-electron chi connectivity index (χ3n) is 20.7. The third-order valence-corrected chi connectivity index (χ3v) is 22.0.